The van der Waals surface area contributed by atoms with Gasteiger partial charge >= 0.3 is 0 Å². The maximum Gasteiger partial charge on any atom is -0.0270 e. The van der Waals surface area contributed by atoms with Gasteiger partial charge in [-0.3, -0.25) is 0 Å². The highest BCUT2D eigenvalue weighted by Crippen LogP contribution is 2.27. The maximum absolute atomic E-state index is 4.42. The first-order valence-corrected chi connectivity index (χ1v) is 10.8. The molecule has 0 aliphatic rings. The second-order valence-corrected chi connectivity index (χ2v) is 7.27. The molecule has 0 unspecified atom stereocenters. The first-order chi connectivity index (χ1) is 12.1. The molecule has 0 N–H and O–H groups in total. The van der Waals surface area contributed by atoms with E-state index in [2.05, 4.69) is 66.3 Å². The summed E-state index contributed by atoms with van der Waals surface area (Å²) in [6.45, 7) is 17.9. The Morgan fingerprint density at radius 1 is 0.800 bits per heavy atom. The fourth-order valence-corrected chi connectivity index (χ4v) is 3.63. The molecule has 0 aliphatic heterocycles. The van der Waals surface area contributed by atoms with Crippen LogP contribution < -0.4 is 0 Å². The second kappa shape index (κ2) is 15.2. The molecule has 0 saturated heterocycles. The third-order valence-electron chi connectivity index (χ3n) is 5.24. The van der Waals surface area contributed by atoms with Crippen LogP contribution in [0.4, 0.5) is 0 Å². The smallest absolute Gasteiger partial charge is 0.0270 e. The Balaban J connectivity index is 5.01. The van der Waals surface area contributed by atoms with Gasteiger partial charge in [-0.05, 0) is 74.2 Å². The quantitative estimate of drug-likeness (QED) is 0.276. The lowest BCUT2D eigenvalue weighted by Crippen LogP contribution is -2.01. The zero-order chi connectivity index (χ0) is 19.1. The summed E-state index contributed by atoms with van der Waals surface area (Å²) in [4.78, 5) is 0. The Hall–Kier alpha value is -1.04. The molecule has 0 spiro atoms. The van der Waals surface area contributed by atoms with Gasteiger partial charge in [-0.15, -0.1) is 0 Å². The summed E-state index contributed by atoms with van der Waals surface area (Å²) in [5.74, 6) is 0.870. The molecule has 0 heterocycles. The first-order valence-electron chi connectivity index (χ1n) is 10.8. The van der Waals surface area contributed by atoms with E-state index in [4.69, 9.17) is 0 Å². The van der Waals surface area contributed by atoms with Crippen LogP contribution in [-0.2, 0) is 0 Å². The molecule has 0 rings (SSSR count). The van der Waals surface area contributed by atoms with Gasteiger partial charge in [0.15, 0.2) is 0 Å². The Kier molecular flexibility index (Phi) is 14.6. The minimum Gasteiger partial charge on any atom is -0.0952 e. The number of hydrogen-bond acceptors (Lipinski definition) is 0. The minimum atomic E-state index is 0.870. The van der Waals surface area contributed by atoms with Crippen molar-refractivity contribution in [1.29, 1.82) is 0 Å². The average Bonchev–Trinajstić information content (AvgIpc) is 2.62. The lowest BCUT2D eigenvalue weighted by molar-refractivity contribution is 0.412. The van der Waals surface area contributed by atoms with Gasteiger partial charge in [0.25, 0.3) is 0 Å². The Bertz CT molecular complexity index is 439. The summed E-state index contributed by atoms with van der Waals surface area (Å²) in [7, 11) is 0. The van der Waals surface area contributed by atoms with Gasteiger partial charge in [0.2, 0.25) is 0 Å². The van der Waals surface area contributed by atoms with E-state index in [-0.39, 0.29) is 0 Å². The molecule has 0 fully saturated rings. The van der Waals surface area contributed by atoms with Crippen LogP contribution in [0.15, 0.2) is 47.1 Å². The molecule has 0 aromatic carbocycles. The predicted octanol–water partition coefficient (Wildman–Crippen LogP) is 8.96. The Morgan fingerprint density at radius 2 is 1.44 bits per heavy atom. The number of rotatable bonds is 14. The van der Waals surface area contributed by atoms with Gasteiger partial charge in [0.1, 0.15) is 0 Å². The van der Waals surface area contributed by atoms with Gasteiger partial charge < -0.3 is 0 Å². The molecule has 25 heavy (non-hydrogen) atoms. The van der Waals surface area contributed by atoms with Crippen molar-refractivity contribution in [1.82, 2.24) is 0 Å². The zero-order valence-electron chi connectivity index (χ0n) is 18.1. The van der Waals surface area contributed by atoms with Crippen LogP contribution in [0, 0.1) is 5.92 Å². The Labute approximate surface area is 159 Å². The van der Waals surface area contributed by atoms with Crippen molar-refractivity contribution < 1.29 is 0 Å². The molecule has 0 atom stereocenters. The van der Waals surface area contributed by atoms with Crippen LogP contribution in [-0.4, -0.2) is 0 Å². The standard InChI is InChI=1S/C25H44/c1-8-14-17-23(11-4)25(13-6)20-24(12-5)21(7)18-19-22(15-9-2)16-10-3/h11-12,20,22H,7-10,13-19H2,1-6H3/b23-11-,24-12+,25-20-. The number of allylic oxidation sites excluding steroid dienone is 7. The predicted molar refractivity (Wildman–Crippen MR) is 117 cm³/mol. The van der Waals surface area contributed by atoms with Crippen LogP contribution in [0.5, 0.6) is 0 Å². The van der Waals surface area contributed by atoms with E-state index in [1.807, 2.05) is 0 Å². The largest absolute Gasteiger partial charge is 0.0952 e. The van der Waals surface area contributed by atoms with Crippen molar-refractivity contribution in [3.8, 4) is 0 Å². The van der Waals surface area contributed by atoms with E-state index in [9.17, 15) is 0 Å². The van der Waals surface area contributed by atoms with E-state index in [0.717, 1.165) is 18.8 Å². The van der Waals surface area contributed by atoms with E-state index >= 15 is 0 Å². The summed E-state index contributed by atoms with van der Waals surface area (Å²) in [5.41, 5.74) is 5.67. The molecule has 0 nitrogen and oxygen atoms in total. The van der Waals surface area contributed by atoms with Crippen LogP contribution in [0.1, 0.15) is 106 Å². The van der Waals surface area contributed by atoms with Crippen LogP contribution in [0.2, 0.25) is 0 Å². The van der Waals surface area contributed by atoms with Crippen LogP contribution >= 0.6 is 0 Å². The van der Waals surface area contributed by atoms with Crippen molar-refractivity contribution in [3.05, 3.63) is 47.1 Å². The monoisotopic (exact) mass is 344 g/mol. The normalized spacial score (nSPS) is 13.6. The molecular weight excluding hydrogens is 300 g/mol. The van der Waals surface area contributed by atoms with Crippen LogP contribution in [0.25, 0.3) is 0 Å². The van der Waals surface area contributed by atoms with Crippen molar-refractivity contribution in [2.24, 2.45) is 5.92 Å². The first kappa shape index (κ1) is 24.0. The van der Waals surface area contributed by atoms with Gasteiger partial charge in [0, 0.05) is 0 Å². The van der Waals surface area contributed by atoms with E-state index in [0.29, 0.717) is 0 Å². The SMILES string of the molecule is C=C(CCC(CCC)CCC)C(/C=C(CC)\C(=C/C)CCCC)=C/C. The molecule has 0 aromatic rings. The van der Waals surface area contributed by atoms with Crippen molar-refractivity contribution >= 4 is 0 Å². The van der Waals surface area contributed by atoms with E-state index in [1.165, 1.54) is 73.7 Å². The van der Waals surface area contributed by atoms with Gasteiger partial charge in [0.05, 0.1) is 0 Å². The second-order valence-electron chi connectivity index (χ2n) is 7.27. The fourth-order valence-electron chi connectivity index (χ4n) is 3.63. The molecule has 0 bridgehead atoms. The van der Waals surface area contributed by atoms with Crippen LogP contribution in [0.3, 0.4) is 0 Å². The van der Waals surface area contributed by atoms with Crippen molar-refractivity contribution in [2.45, 2.75) is 106 Å². The molecule has 0 saturated carbocycles. The molecule has 0 radical (unpaired) electrons. The Morgan fingerprint density at radius 3 is 1.88 bits per heavy atom. The number of unbranched alkanes of at least 4 members (excludes halogenated alkanes) is 1. The zero-order valence-corrected chi connectivity index (χ0v) is 18.1. The van der Waals surface area contributed by atoms with Crippen molar-refractivity contribution in [3.63, 3.8) is 0 Å². The summed E-state index contributed by atoms with van der Waals surface area (Å²) in [6, 6.07) is 0. The summed E-state index contributed by atoms with van der Waals surface area (Å²) >= 11 is 0. The highest BCUT2D eigenvalue weighted by molar-refractivity contribution is 5.44. The molecule has 144 valence electrons. The lowest BCUT2D eigenvalue weighted by Gasteiger charge is -2.17. The third-order valence-corrected chi connectivity index (χ3v) is 5.24. The highest BCUT2D eigenvalue weighted by atomic mass is 14.2. The molecular formula is C25H44. The molecule has 0 aromatic heterocycles. The summed E-state index contributed by atoms with van der Waals surface area (Å²) < 4.78 is 0. The number of hydrogen-bond donors (Lipinski definition) is 0. The van der Waals surface area contributed by atoms with Gasteiger partial charge in [-0.2, -0.15) is 0 Å². The molecule has 0 amide bonds. The van der Waals surface area contributed by atoms with E-state index in [1.54, 1.807) is 0 Å². The van der Waals surface area contributed by atoms with E-state index < -0.39 is 0 Å². The third kappa shape index (κ3) is 9.88. The summed E-state index contributed by atoms with van der Waals surface area (Å²) in [6.07, 6.45) is 19.5. The van der Waals surface area contributed by atoms with Gasteiger partial charge in [-0.1, -0.05) is 84.6 Å². The molecule has 0 aliphatic carbocycles. The molecule has 0 heteroatoms. The minimum absolute atomic E-state index is 0.870. The van der Waals surface area contributed by atoms with Crippen molar-refractivity contribution in [2.75, 3.05) is 0 Å². The fraction of sp³-hybridized carbons (Fsp3) is 0.680. The summed E-state index contributed by atoms with van der Waals surface area (Å²) in [5, 5.41) is 0. The highest BCUT2D eigenvalue weighted by Gasteiger charge is 2.10. The maximum atomic E-state index is 4.42. The topological polar surface area (TPSA) is 0 Å². The van der Waals surface area contributed by atoms with Gasteiger partial charge in [-0.25, -0.2) is 0 Å². The average molecular weight is 345 g/mol. The lowest BCUT2D eigenvalue weighted by atomic mass is 9.88.